The number of hydrogen-bond donors (Lipinski definition) is 2. The van der Waals surface area contributed by atoms with Crippen molar-refractivity contribution in [3.63, 3.8) is 0 Å². The van der Waals surface area contributed by atoms with Crippen molar-refractivity contribution >= 4 is 51.5 Å². The highest BCUT2D eigenvalue weighted by Gasteiger charge is 2.15. The molecule has 0 atom stereocenters. The van der Waals surface area contributed by atoms with Gasteiger partial charge < -0.3 is 14.8 Å². The van der Waals surface area contributed by atoms with Gasteiger partial charge in [0.25, 0.3) is 11.8 Å². The van der Waals surface area contributed by atoms with Crippen molar-refractivity contribution in [2.45, 2.75) is 0 Å². The van der Waals surface area contributed by atoms with Crippen LogP contribution in [0.2, 0.25) is 5.02 Å². The molecule has 0 aliphatic heterocycles. The first-order valence-electron chi connectivity index (χ1n) is 9.88. The highest BCUT2D eigenvalue weighted by molar-refractivity contribution is 9.10. The van der Waals surface area contributed by atoms with Crippen LogP contribution < -0.4 is 20.2 Å². The van der Waals surface area contributed by atoms with Crippen molar-refractivity contribution in [2.75, 3.05) is 13.7 Å². The summed E-state index contributed by atoms with van der Waals surface area (Å²) in [4.78, 5) is 36.5. The molecule has 2 N–H and O–H groups in total. The number of hydrogen-bond acceptors (Lipinski definition) is 6. The Morgan fingerprint density at radius 2 is 1.71 bits per heavy atom. The molecule has 3 aromatic rings. The lowest BCUT2D eigenvalue weighted by molar-refractivity contribution is -0.120. The second kappa shape index (κ2) is 12.0. The fourth-order valence-corrected chi connectivity index (χ4v) is 3.43. The van der Waals surface area contributed by atoms with E-state index in [0.29, 0.717) is 15.6 Å². The first kappa shape index (κ1) is 24.9. The van der Waals surface area contributed by atoms with Gasteiger partial charge in [-0.05, 0) is 64.0 Å². The monoisotopic (exact) mass is 543 g/mol. The lowest BCUT2D eigenvalue weighted by Gasteiger charge is -2.10. The Morgan fingerprint density at radius 1 is 1.00 bits per heavy atom. The third-order valence-corrected chi connectivity index (χ3v) is 5.44. The molecule has 34 heavy (non-hydrogen) atoms. The van der Waals surface area contributed by atoms with Gasteiger partial charge in [-0.3, -0.25) is 9.59 Å². The number of halogens is 2. The van der Waals surface area contributed by atoms with Gasteiger partial charge in [0.15, 0.2) is 11.5 Å². The summed E-state index contributed by atoms with van der Waals surface area (Å²) in [5.41, 5.74) is 3.55. The van der Waals surface area contributed by atoms with Gasteiger partial charge in [0.05, 0.1) is 36.0 Å². The fourth-order valence-electron chi connectivity index (χ4n) is 2.75. The summed E-state index contributed by atoms with van der Waals surface area (Å²) in [6, 6.07) is 18.2. The Balaban J connectivity index is 1.56. The van der Waals surface area contributed by atoms with E-state index in [9.17, 15) is 14.4 Å². The van der Waals surface area contributed by atoms with Crippen LogP contribution in [0, 0.1) is 0 Å². The quantitative estimate of drug-likeness (QED) is 0.191. The first-order valence-corrected chi connectivity index (χ1v) is 11.1. The van der Waals surface area contributed by atoms with E-state index in [1.165, 1.54) is 19.4 Å². The summed E-state index contributed by atoms with van der Waals surface area (Å²) in [6.07, 6.45) is 1.38. The van der Waals surface area contributed by atoms with Crippen molar-refractivity contribution in [1.29, 1.82) is 0 Å². The minimum atomic E-state index is -0.623. The second-order valence-corrected chi connectivity index (χ2v) is 8.00. The lowest BCUT2D eigenvalue weighted by Crippen LogP contribution is -2.35. The molecule has 0 unspecified atom stereocenters. The Morgan fingerprint density at radius 3 is 2.41 bits per heavy atom. The van der Waals surface area contributed by atoms with Crippen molar-refractivity contribution in [3.05, 3.63) is 92.9 Å². The molecule has 3 aromatic carbocycles. The molecule has 0 fully saturated rings. The Hall–Kier alpha value is -3.69. The van der Waals surface area contributed by atoms with Gasteiger partial charge in [0, 0.05) is 4.47 Å². The average Bonchev–Trinajstić information content (AvgIpc) is 2.83. The predicted molar refractivity (Wildman–Crippen MR) is 132 cm³/mol. The van der Waals surface area contributed by atoms with Gasteiger partial charge >= 0.3 is 5.97 Å². The number of carbonyl (C=O) groups is 3. The molecule has 0 aromatic heterocycles. The van der Waals surface area contributed by atoms with Crippen LogP contribution in [-0.4, -0.2) is 37.7 Å². The number of methoxy groups -OCH3 is 1. The molecule has 174 valence electrons. The zero-order valence-corrected chi connectivity index (χ0v) is 20.2. The molecule has 0 aliphatic carbocycles. The number of nitrogens with one attached hydrogen (secondary N) is 2. The van der Waals surface area contributed by atoms with Crippen LogP contribution in [-0.2, 0) is 4.79 Å². The summed E-state index contributed by atoms with van der Waals surface area (Å²) in [6.45, 7) is -0.252. The largest absolute Gasteiger partial charge is 0.493 e. The van der Waals surface area contributed by atoms with E-state index in [-0.39, 0.29) is 28.6 Å². The number of esters is 1. The topological polar surface area (TPSA) is 106 Å². The van der Waals surface area contributed by atoms with Crippen LogP contribution in [0.25, 0.3) is 0 Å². The van der Waals surface area contributed by atoms with Crippen LogP contribution in [0.1, 0.15) is 26.3 Å². The van der Waals surface area contributed by atoms with Crippen molar-refractivity contribution in [1.82, 2.24) is 10.7 Å². The molecular weight excluding hydrogens is 526 g/mol. The minimum Gasteiger partial charge on any atom is -0.493 e. The number of benzene rings is 3. The van der Waals surface area contributed by atoms with Crippen LogP contribution in [0.4, 0.5) is 0 Å². The molecule has 3 rings (SSSR count). The fraction of sp³-hybridized carbons (Fsp3) is 0.0833. The third kappa shape index (κ3) is 6.66. The van der Waals surface area contributed by atoms with E-state index in [1.807, 2.05) is 0 Å². The van der Waals surface area contributed by atoms with E-state index < -0.39 is 17.8 Å². The van der Waals surface area contributed by atoms with Gasteiger partial charge in [0.2, 0.25) is 0 Å². The second-order valence-electron chi connectivity index (χ2n) is 6.74. The molecule has 0 saturated carbocycles. The number of ether oxygens (including phenoxy) is 2. The standard InChI is InChI=1S/C24H19BrClN3O5/c1-33-21-12-15(10-11-20(21)34-24(32)17-7-3-5-9-19(17)26)13-28-29-22(30)14-27-23(31)16-6-2-4-8-18(16)25/h2-13H,14H2,1H3,(H,27,31)(H,29,30)/b28-13-. The molecule has 0 spiro atoms. The zero-order valence-electron chi connectivity index (χ0n) is 17.9. The molecule has 0 bridgehead atoms. The van der Waals surface area contributed by atoms with E-state index in [4.69, 9.17) is 21.1 Å². The van der Waals surface area contributed by atoms with Crippen molar-refractivity contribution in [2.24, 2.45) is 5.10 Å². The number of nitrogens with zero attached hydrogens (tertiary/aromatic N) is 1. The maximum Gasteiger partial charge on any atom is 0.345 e. The third-order valence-electron chi connectivity index (χ3n) is 4.41. The summed E-state index contributed by atoms with van der Waals surface area (Å²) < 4.78 is 11.3. The van der Waals surface area contributed by atoms with Gasteiger partial charge in [-0.25, -0.2) is 10.2 Å². The Labute approximate surface area is 209 Å². The van der Waals surface area contributed by atoms with E-state index in [1.54, 1.807) is 60.7 Å². The lowest BCUT2D eigenvalue weighted by atomic mass is 10.2. The van der Waals surface area contributed by atoms with Gasteiger partial charge in [-0.15, -0.1) is 0 Å². The average molecular weight is 545 g/mol. The Bertz CT molecular complexity index is 1250. The maximum atomic E-state index is 12.4. The molecule has 0 heterocycles. The zero-order chi connectivity index (χ0) is 24.5. The summed E-state index contributed by atoms with van der Waals surface area (Å²) in [5.74, 6) is -1.03. The van der Waals surface area contributed by atoms with Crippen molar-refractivity contribution in [3.8, 4) is 11.5 Å². The molecule has 0 aliphatic rings. The number of hydrazone groups is 1. The van der Waals surface area contributed by atoms with E-state index in [2.05, 4.69) is 31.8 Å². The number of amides is 2. The Kier molecular flexibility index (Phi) is 8.78. The number of rotatable bonds is 8. The molecule has 8 nitrogen and oxygen atoms in total. The highest BCUT2D eigenvalue weighted by atomic mass is 79.9. The summed E-state index contributed by atoms with van der Waals surface area (Å²) in [5, 5.41) is 6.66. The van der Waals surface area contributed by atoms with E-state index in [0.717, 1.165) is 0 Å². The number of carbonyl (C=O) groups excluding carboxylic acids is 3. The molecule has 10 heteroatoms. The predicted octanol–water partition coefficient (Wildman–Crippen LogP) is 4.21. The molecular formula is C24H19BrClN3O5. The smallest absolute Gasteiger partial charge is 0.345 e. The van der Waals surface area contributed by atoms with Crippen LogP contribution in [0.3, 0.4) is 0 Å². The van der Waals surface area contributed by atoms with Gasteiger partial charge in [-0.1, -0.05) is 35.9 Å². The SMILES string of the molecule is COc1cc(/C=N\NC(=O)CNC(=O)c2ccccc2Br)ccc1OC(=O)c1ccccc1Cl. The van der Waals surface area contributed by atoms with Crippen LogP contribution >= 0.6 is 27.5 Å². The summed E-state index contributed by atoms with van der Waals surface area (Å²) in [7, 11) is 1.43. The van der Waals surface area contributed by atoms with Crippen molar-refractivity contribution < 1.29 is 23.9 Å². The maximum absolute atomic E-state index is 12.4. The first-order chi connectivity index (χ1) is 16.4. The van der Waals surface area contributed by atoms with E-state index >= 15 is 0 Å². The summed E-state index contributed by atoms with van der Waals surface area (Å²) >= 11 is 9.32. The molecule has 0 saturated heterocycles. The molecule has 0 radical (unpaired) electrons. The van der Waals surface area contributed by atoms with Gasteiger partial charge in [-0.2, -0.15) is 5.10 Å². The molecule has 2 amide bonds. The van der Waals surface area contributed by atoms with Crippen LogP contribution in [0.5, 0.6) is 11.5 Å². The minimum absolute atomic E-state index is 0.198. The highest BCUT2D eigenvalue weighted by Crippen LogP contribution is 2.29. The van der Waals surface area contributed by atoms with Gasteiger partial charge in [0.1, 0.15) is 0 Å². The normalized spacial score (nSPS) is 10.6. The van der Waals surface area contributed by atoms with Crippen LogP contribution in [0.15, 0.2) is 76.3 Å².